The van der Waals surface area contributed by atoms with Crippen LogP contribution in [-0.2, 0) is 0 Å². The first-order chi connectivity index (χ1) is 7.34. The van der Waals surface area contributed by atoms with E-state index in [4.69, 9.17) is 4.74 Å². The zero-order valence-electron chi connectivity index (χ0n) is 9.07. The van der Waals surface area contributed by atoms with E-state index in [1.807, 2.05) is 6.92 Å². The third-order valence-corrected chi connectivity index (χ3v) is 2.54. The van der Waals surface area contributed by atoms with Gasteiger partial charge in [0.1, 0.15) is 6.10 Å². The predicted octanol–water partition coefficient (Wildman–Crippen LogP) is 1.31. The number of rotatable bonds is 2. The van der Waals surface area contributed by atoms with Crippen LogP contribution in [0.2, 0.25) is 0 Å². The lowest BCUT2D eigenvalue weighted by molar-refractivity contribution is 0.179. The molecule has 1 aromatic heterocycles. The van der Waals surface area contributed by atoms with E-state index in [0.29, 0.717) is 5.88 Å². The zero-order valence-corrected chi connectivity index (χ0v) is 9.07. The van der Waals surface area contributed by atoms with Crippen LogP contribution >= 0.6 is 0 Å². The maximum absolute atomic E-state index is 5.80. The van der Waals surface area contributed by atoms with Crippen LogP contribution in [0.25, 0.3) is 0 Å². The average Bonchev–Trinajstić information content (AvgIpc) is 2.46. The second-order valence-electron chi connectivity index (χ2n) is 3.92. The molecule has 1 N–H and O–H groups in total. The molecule has 0 bridgehead atoms. The molecule has 15 heavy (non-hydrogen) atoms. The van der Waals surface area contributed by atoms with Crippen LogP contribution in [0.1, 0.15) is 25.0 Å². The fraction of sp³-hybridized carbons (Fsp3) is 0.636. The highest BCUT2D eigenvalue weighted by molar-refractivity contribution is 5.07. The van der Waals surface area contributed by atoms with Gasteiger partial charge in [-0.05, 0) is 39.3 Å². The first-order valence-corrected chi connectivity index (χ1v) is 5.50. The molecule has 1 aliphatic rings. The molecule has 4 heteroatoms. The molecule has 0 radical (unpaired) electrons. The van der Waals surface area contributed by atoms with Gasteiger partial charge in [-0.3, -0.25) is 4.98 Å². The van der Waals surface area contributed by atoms with Crippen molar-refractivity contribution in [1.82, 2.24) is 15.3 Å². The van der Waals surface area contributed by atoms with Gasteiger partial charge in [-0.1, -0.05) is 0 Å². The lowest BCUT2D eigenvalue weighted by atomic mass is 10.2. The molecule has 1 saturated heterocycles. The molecule has 0 spiro atoms. The molecule has 4 nitrogen and oxygen atoms in total. The van der Waals surface area contributed by atoms with Gasteiger partial charge in [0, 0.05) is 6.20 Å². The summed E-state index contributed by atoms with van der Waals surface area (Å²) >= 11 is 0. The molecule has 1 aliphatic heterocycles. The van der Waals surface area contributed by atoms with Crippen LogP contribution < -0.4 is 10.1 Å². The Bertz CT molecular complexity index is 308. The minimum Gasteiger partial charge on any atom is -0.473 e. The van der Waals surface area contributed by atoms with Crippen molar-refractivity contribution in [3.05, 3.63) is 18.1 Å². The number of nitrogens with zero attached hydrogens (tertiary/aromatic N) is 2. The van der Waals surface area contributed by atoms with E-state index in [9.17, 15) is 0 Å². The summed E-state index contributed by atoms with van der Waals surface area (Å²) in [6, 6.07) is 0. The summed E-state index contributed by atoms with van der Waals surface area (Å²) in [5, 5.41) is 3.36. The monoisotopic (exact) mass is 207 g/mol. The van der Waals surface area contributed by atoms with Crippen molar-refractivity contribution in [3.8, 4) is 5.88 Å². The van der Waals surface area contributed by atoms with Crippen LogP contribution in [0.3, 0.4) is 0 Å². The number of hydrogen-bond donors (Lipinski definition) is 1. The van der Waals surface area contributed by atoms with Crippen LogP contribution in [0.4, 0.5) is 0 Å². The van der Waals surface area contributed by atoms with E-state index in [2.05, 4.69) is 15.3 Å². The summed E-state index contributed by atoms with van der Waals surface area (Å²) in [5.74, 6) is 0.655. The zero-order chi connectivity index (χ0) is 10.5. The van der Waals surface area contributed by atoms with Crippen LogP contribution in [0, 0.1) is 6.92 Å². The van der Waals surface area contributed by atoms with Gasteiger partial charge in [-0.2, -0.15) is 0 Å². The maximum Gasteiger partial charge on any atom is 0.232 e. The Morgan fingerprint density at radius 2 is 2.27 bits per heavy atom. The third-order valence-electron chi connectivity index (χ3n) is 2.54. The van der Waals surface area contributed by atoms with E-state index in [-0.39, 0.29) is 6.10 Å². The quantitative estimate of drug-likeness (QED) is 0.794. The molecule has 0 saturated carbocycles. The van der Waals surface area contributed by atoms with Gasteiger partial charge in [0.25, 0.3) is 0 Å². The highest BCUT2D eigenvalue weighted by Gasteiger charge is 2.13. The summed E-state index contributed by atoms with van der Waals surface area (Å²) in [4.78, 5) is 8.36. The second-order valence-corrected chi connectivity index (χ2v) is 3.92. The predicted molar refractivity (Wildman–Crippen MR) is 57.9 cm³/mol. The Kier molecular flexibility index (Phi) is 3.50. The first kappa shape index (κ1) is 10.4. The number of ether oxygens (including phenoxy) is 1. The van der Waals surface area contributed by atoms with Gasteiger partial charge in [-0.15, -0.1) is 0 Å². The smallest absolute Gasteiger partial charge is 0.232 e. The number of nitrogens with one attached hydrogen (secondary N) is 1. The lowest BCUT2D eigenvalue weighted by Crippen LogP contribution is -2.19. The van der Waals surface area contributed by atoms with Gasteiger partial charge < -0.3 is 10.1 Å². The first-order valence-electron chi connectivity index (χ1n) is 5.50. The normalized spacial score (nSPS) is 22.1. The van der Waals surface area contributed by atoms with Crippen molar-refractivity contribution >= 4 is 0 Å². The summed E-state index contributed by atoms with van der Waals surface area (Å²) in [6.07, 6.45) is 7.03. The summed E-state index contributed by atoms with van der Waals surface area (Å²) in [6.45, 7) is 4.05. The van der Waals surface area contributed by atoms with Crippen molar-refractivity contribution in [1.29, 1.82) is 0 Å². The standard InChI is InChI=1S/C11H17N3O/c1-9-7-13-8-11(14-9)15-10-3-2-5-12-6-4-10/h7-8,10,12H,2-6H2,1H3. The van der Waals surface area contributed by atoms with Gasteiger partial charge in [-0.25, -0.2) is 4.98 Å². The number of aryl methyl sites for hydroxylation is 1. The van der Waals surface area contributed by atoms with Crippen molar-refractivity contribution in [2.75, 3.05) is 13.1 Å². The van der Waals surface area contributed by atoms with Crippen molar-refractivity contribution in [2.24, 2.45) is 0 Å². The Morgan fingerprint density at radius 3 is 3.13 bits per heavy atom. The summed E-state index contributed by atoms with van der Waals surface area (Å²) < 4.78 is 5.80. The number of hydrogen-bond acceptors (Lipinski definition) is 4. The third kappa shape index (κ3) is 3.16. The van der Waals surface area contributed by atoms with E-state index in [1.54, 1.807) is 12.4 Å². The van der Waals surface area contributed by atoms with E-state index in [1.165, 1.54) is 6.42 Å². The molecule has 0 aliphatic carbocycles. The van der Waals surface area contributed by atoms with E-state index < -0.39 is 0 Å². The second kappa shape index (κ2) is 5.07. The van der Waals surface area contributed by atoms with Crippen LogP contribution in [0.15, 0.2) is 12.4 Å². The average molecular weight is 207 g/mol. The lowest BCUT2D eigenvalue weighted by Gasteiger charge is -2.15. The molecule has 82 valence electrons. The molecule has 2 heterocycles. The van der Waals surface area contributed by atoms with Crippen molar-refractivity contribution in [2.45, 2.75) is 32.3 Å². The fourth-order valence-corrected chi connectivity index (χ4v) is 1.77. The van der Waals surface area contributed by atoms with Crippen molar-refractivity contribution in [3.63, 3.8) is 0 Å². The fourth-order valence-electron chi connectivity index (χ4n) is 1.77. The van der Waals surface area contributed by atoms with Gasteiger partial charge in [0.2, 0.25) is 5.88 Å². The Hall–Kier alpha value is -1.16. The molecule has 2 rings (SSSR count). The topological polar surface area (TPSA) is 47.0 Å². The SMILES string of the molecule is Cc1cncc(OC2CCCNCC2)n1. The van der Waals surface area contributed by atoms with Crippen LogP contribution in [0.5, 0.6) is 5.88 Å². The molecule has 1 aromatic rings. The van der Waals surface area contributed by atoms with E-state index in [0.717, 1.165) is 31.6 Å². The molecular weight excluding hydrogens is 190 g/mol. The van der Waals surface area contributed by atoms with E-state index >= 15 is 0 Å². The van der Waals surface area contributed by atoms with Crippen LogP contribution in [-0.4, -0.2) is 29.2 Å². The van der Waals surface area contributed by atoms with Gasteiger partial charge >= 0.3 is 0 Å². The summed E-state index contributed by atoms with van der Waals surface area (Å²) in [5.41, 5.74) is 0.902. The maximum atomic E-state index is 5.80. The van der Waals surface area contributed by atoms with Crippen molar-refractivity contribution < 1.29 is 4.74 Å². The Labute approximate surface area is 90.1 Å². The highest BCUT2D eigenvalue weighted by atomic mass is 16.5. The number of aromatic nitrogens is 2. The molecule has 1 fully saturated rings. The minimum absolute atomic E-state index is 0.288. The molecule has 0 aromatic carbocycles. The highest BCUT2D eigenvalue weighted by Crippen LogP contribution is 2.14. The summed E-state index contributed by atoms with van der Waals surface area (Å²) in [7, 11) is 0. The van der Waals surface area contributed by atoms with Gasteiger partial charge in [0.15, 0.2) is 0 Å². The largest absolute Gasteiger partial charge is 0.473 e. The minimum atomic E-state index is 0.288. The molecule has 1 atom stereocenters. The Balaban J connectivity index is 1.95. The Morgan fingerprint density at radius 1 is 1.33 bits per heavy atom. The molecule has 0 amide bonds. The molecular formula is C11H17N3O. The van der Waals surface area contributed by atoms with Gasteiger partial charge in [0.05, 0.1) is 11.9 Å². The molecule has 1 unspecified atom stereocenters.